The third-order valence-electron chi connectivity index (χ3n) is 5.48. The van der Waals surface area contributed by atoms with Crippen molar-refractivity contribution in [2.75, 3.05) is 45.3 Å². The van der Waals surface area contributed by atoms with Crippen LogP contribution in [-0.4, -0.2) is 55.4 Å². The van der Waals surface area contributed by atoms with E-state index in [0.717, 1.165) is 15.4 Å². The number of benzene rings is 3. The summed E-state index contributed by atoms with van der Waals surface area (Å²) in [6.07, 6.45) is 0. The van der Waals surface area contributed by atoms with Gasteiger partial charge in [0.15, 0.2) is 23.0 Å². The van der Waals surface area contributed by atoms with E-state index in [1.165, 1.54) is 32.4 Å². The fourth-order valence-corrected chi connectivity index (χ4v) is 5.21. The summed E-state index contributed by atoms with van der Waals surface area (Å²) in [5.41, 5.74) is 2.12. The maximum Gasteiger partial charge on any atom is 0.264 e. The molecule has 3 aromatic rings. The predicted octanol–water partition coefficient (Wildman–Crippen LogP) is 3.72. The lowest BCUT2D eigenvalue weighted by atomic mass is 10.1. The molecule has 37 heavy (non-hydrogen) atoms. The van der Waals surface area contributed by atoms with Gasteiger partial charge in [-0.3, -0.25) is 9.10 Å². The Morgan fingerprint density at radius 2 is 1.41 bits per heavy atom. The second kappa shape index (κ2) is 12.4. The molecule has 1 amide bonds. The van der Waals surface area contributed by atoms with E-state index in [0.29, 0.717) is 22.9 Å². The van der Waals surface area contributed by atoms with Crippen molar-refractivity contribution in [1.82, 2.24) is 5.32 Å². The molecule has 0 saturated heterocycles. The van der Waals surface area contributed by atoms with Crippen LogP contribution in [0.4, 0.5) is 5.69 Å². The predicted molar refractivity (Wildman–Crippen MR) is 141 cm³/mol. The zero-order valence-electron chi connectivity index (χ0n) is 21.6. The van der Waals surface area contributed by atoms with Crippen LogP contribution >= 0.6 is 0 Å². The summed E-state index contributed by atoms with van der Waals surface area (Å²) in [5.74, 6) is 1.31. The highest BCUT2D eigenvalue weighted by molar-refractivity contribution is 7.92. The molecule has 0 fully saturated rings. The summed E-state index contributed by atoms with van der Waals surface area (Å²) in [4.78, 5) is 12.9. The minimum Gasteiger partial charge on any atom is -0.493 e. The number of hydrogen-bond acceptors (Lipinski definition) is 7. The molecule has 0 spiro atoms. The summed E-state index contributed by atoms with van der Waals surface area (Å²) in [7, 11) is 0.307. The number of nitrogens with zero attached hydrogens (tertiary/aromatic N) is 1. The van der Waals surface area contributed by atoms with E-state index in [4.69, 9.17) is 18.9 Å². The van der Waals surface area contributed by atoms with Crippen molar-refractivity contribution in [2.45, 2.75) is 18.7 Å². The van der Waals surface area contributed by atoms with Crippen molar-refractivity contribution in [3.8, 4) is 23.0 Å². The van der Waals surface area contributed by atoms with Crippen LogP contribution in [0.15, 0.2) is 65.6 Å². The van der Waals surface area contributed by atoms with E-state index in [9.17, 15) is 13.2 Å². The van der Waals surface area contributed by atoms with Gasteiger partial charge in [-0.1, -0.05) is 18.2 Å². The van der Waals surface area contributed by atoms with Crippen molar-refractivity contribution in [1.29, 1.82) is 0 Å². The number of carbonyl (C=O) groups excluding carboxylic acids is 1. The van der Waals surface area contributed by atoms with Gasteiger partial charge in [-0.05, 0) is 61.4 Å². The third-order valence-corrected chi connectivity index (χ3v) is 7.25. The van der Waals surface area contributed by atoms with E-state index in [1.807, 2.05) is 32.0 Å². The molecule has 198 valence electrons. The molecule has 1 N–H and O–H groups in total. The first-order valence-corrected chi connectivity index (χ1v) is 13.0. The normalized spacial score (nSPS) is 10.9. The van der Waals surface area contributed by atoms with Crippen molar-refractivity contribution in [3.05, 3.63) is 71.8 Å². The number of aryl methyl sites for hydroxylation is 2. The first-order valence-electron chi connectivity index (χ1n) is 11.5. The van der Waals surface area contributed by atoms with Crippen LogP contribution in [0.5, 0.6) is 23.0 Å². The molecule has 0 saturated carbocycles. The average molecular weight is 529 g/mol. The Balaban J connectivity index is 1.81. The zero-order chi connectivity index (χ0) is 27.0. The quantitative estimate of drug-likeness (QED) is 0.358. The number of methoxy groups -OCH3 is 3. The molecular formula is C27H32N2O7S. The minimum absolute atomic E-state index is 0.0309. The number of anilines is 1. The third kappa shape index (κ3) is 6.85. The summed E-state index contributed by atoms with van der Waals surface area (Å²) in [6, 6.07) is 16.9. The molecule has 0 aromatic heterocycles. The molecule has 0 radical (unpaired) electrons. The molecule has 0 aliphatic rings. The van der Waals surface area contributed by atoms with Crippen LogP contribution in [0.25, 0.3) is 0 Å². The van der Waals surface area contributed by atoms with E-state index in [2.05, 4.69) is 5.32 Å². The van der Waals surface area contributed by atoms with E-state index in [1.54, 1.807) is 31.4 Å². The highest BCUT2D eigenvalue weighted by Gasteiger charge is 2.28. The Labute approximate surface area is 218 Å². The fraction of sp³-hybridized carbons (Fsp3) is 0.296. The number of nitrogens with one attached hydrogen (secondary N) is 1. The van der Waals surface area contributed by atoms with Crippen LogP contribution in [0, 0.1) is 13.8 Å². The van der Waals surface area contributed by atoms with Crippen molar-refractivity contribution >= 4 is 21.6 Å². The number of amides is 1. The Hall–Kier alpha value is -3.92. The van der Waals surface area contributed by atoms with Gasteiger partial charge in [0.2, 0.25) is 5.91 Å². The Kier molecular flexibility index (Phi) is 9.24. The Morgan fingerprint density at radius 1 is 0.811 bits per heavy atom. The van der Waals surface area contributed by atoms with Crippen molar-refractivity contribution in [3.63, 3.8) is 0 Å². The monoisotopic (exact) mass is 528 g/mol. The number of hydrogen-bond donors (Lipinski definition) is 1. The largest absolute Gasteiger partial charge is 0.493 e. The lowest BCUT2D eigenvalue weighted by Crippen LogP contribution is -2.42. The van der Waals surface area contributed by atoms with Crippen LogP contribution in [0.3, 0.4) is 0 Å². The SMILES string of the molecule is COc1ccc(S(=O)(=O)N(CC(=O)NCCOc2ccccc2OC)c2cc(C)cc(C)c2)cc1OC. The van der Waals surface area contributed by atoms with E-state index < -0.39 is 22.5 Å². The van der Waals surface area contributed by atoms with Gasteiger partial charge >= 0.3 is 0 Å². The smallest absolute Gasteiger partial charge is 0.264 e. The first-order chi connectivity index (χ1) is 17.7. The molecule has 0 aliphatic carbocycles. The lowest BCUT2D eigenvalue weighted by molar-refractivity contribution is -0.119. The second-order valence-corrected chi connectivity index (χ2v) is 10.1. The molecule has 0 aliphatic heterocycles. The van der Waals surface area contributed by atoms with Gasteiger partial charge < -0.3 is 24.3 Å². The number of rotatable bonds is 12. The fourth-order valence-electron chi connectivity index (χ4n) is 3.79. The Morgan fingerprint density at radius 3 is 2.03 bits per heavy atom. The van der Waals surface area contributed by atoms with Crippen LogP contribution in [0.2, 0.25) is 0 Å². The topological polar surface area (TPSA) is 103 Å². The van der Waals surface area contributed by atoms with Gasteiger partial charge in [-0.15, -0.1) is 0 Å². The summed E-state index contributed by atoms with van der Waals surface area (Å²) < 4.78 is 50.1. The van der Waals surface area contributed by atoms with Gasteiger partial charge in [0.25, 0.3) is 10.0 Å². The van der Waals surface area contributed by atoms with E-state index in [-0.39, 0.29) is 23.8 Å². The molecular weight excluding hydrogens is 496 g/mol. The molecule has 0 atom stereocenters. The standard InChI is InChI=1S/C27H32N2O7S/c1-19-14-20(2)16-21(15-19)29(37(31,32)22-10-11-24(34-4)26(17-22)35-5)18-27(30)28-12-13-36-25-9-7-6-8-23(25)33-3/h6-11,14-17H,12-13,18H2,1-5H3,(H,28,30). The van der Waals surface area contributed by atoms with Crippen LogP contribution < -0.4 is 28.6 Å². The van der Waals surface area contributed by atoms with Crippen LogP contribution in [-0.2, 0) is 14.8 Å². The summed E-state index contributed by atoms with van der Waals surface area (Å²) in [6.45, 7) is 3.67. The molecule has 0 heterocycles. The number of ether oxygens (including phenoxy) is 4. The van der Waals surface area contributed by atoms with Crippen molar-refractivity contribution < 1.29 is 32.2 Å². The lowest BCUT2D eigenvalue weighted by Gasteiger charge is -2.25. The summed E-state index contributed by atoms with van der Waals surface area (Å²) >= 11 is 0. The Bertz CT molecular complexity index is 1320. The first kappa shape index (κ1) is 27.7. The number of para-hydroxylation sites is 2. The van der Waals surface area contributed by atoms with Gasteiger partial charge in [-0.25, -0.2) is 8.42 Å². The highest BCUT2D eigenvalue weighted by atomic mass is 32.2. The average Bonchev–Trinajstić information content (AvgIpc) is 2.88. The van der Waals surface area contributed by atoms with Gasteiger partial charge in [0.1, 0.15) is 13.2 Å². The molecule has 3 aromatic carbocycles. The van der Waals surface area contributed by atoms with E-state index >= 15 is 0 Å². The molecule has 3 rings (SSSR count). The molecule has 10 heteroatoms. The minimum atomic E-state index is -4.13. The maximum absolute atomic E-state index is 13.8. The number of carbonyl (C=O) groups is 1. The van der Waals surface area contributed by atoms with Gasteiger partial charge in [0, 0.05) is 6.07 Å². The van der Waals surface area contributed by atoms with Gasteiger partial charge in [-0.2, -0.15) is 0 Å². The molecule has 0 unspecified atom stereocenters. The molecule has 9 nitrogen and oxygen atoms in total. The maximum atomic E-state index is 13.8. The summed E-state index contributed by atoms with van der Waals surface area (Å²) in [5, 5.41) is 2.73. The highest BCUT2D eigenvalue weighted by Crippen LogP contribution is 2.32. The molecule has 0 bridgehead atoms. The van der Waals surface area contributed by atoms with Crippen LogP contribution in [0.1, 0.15) is 11.1 Å². The number of sulfonamides is 1. The van der Waals surface area contributed by atoms with Crippen molar-refractivity contribution in [2.24, 2.45) is 0 Å². The van der Waals surface area contributed by atoms with Gasteiger partial charge in [0.05, 0.1) is 38.5 Å². The second-order valence-electron chi connectivity index (χ2n) is 8.22. The zero-order valence-corrected chi connectivity index (χ0v) is 22.4.